The monoisotopic (exact) mass is 238 g/mol. The molecule has 1 rings (SSSR count). The maximum atomic E-state index is 11.3. The lowest BCUT2D eigenvalue weighted by molar-refractivity contribution is -0.144. The Morgan fingerprint density at radius 1 is 1.69 bits per heavy atom. The molecule has 0 N–H and O–H groups in total. The molecule has 72 valence electrons. The average Bonchev–Trinajstić information content (AvgIpc) is 2.56. The van der Waals surface area contributed by atoms with Gasteiger partial charge in [0.2, 0.25) is 4.33 Å². The van der Waals surface area contributed by atoms with Gasteiger partial charge in [0.25, 0.3) is 0 Å². The first-order valence-electron chi connectivity index (χ1n) is 3.68. The van der Waals surface area contributed by atoms with Gasteiger partial charge in [-0.25, -0.2) is 4.79 Å². The minimum atomic E-state index is -1.57. The number of halogens is 2. The van der Waals surface area contributed by atoms with Gasteiger partial charge in [-0.05, 0) is 18.4 Å². The Morgan fingerprint density at radius 2 is 2.38 bits per heavy atom. The molecule has 0 atom stereocenters. The Kier molecular flexibility index (Phi) is 3.59. The number of esters is 1. The van der Waals surface area contributed by atoms with Crippen molar-refractivity contribution in [2.75, 3.05) is 6.61 Å². The van der Waals surface area contributed by atoms with Crippen molar-refractivity contribution >= 4 is 40.5 Å². The van der Waals surface area contributed by atoms with E-state index in [0.717, 1.165) is 0 Å². The van der Waals surface area contributed by atoms with E-state index in [1.807, 2.05) is 0 Å². The maximum absolute atomic E-state index is 11.3. The molecule has 0 saturated heterocycles. The Morgan fingerprint density at radius 3 is 2.85 bits per heavy atom. The standard InChI is InChI=1S/C8H8Cl2O2S/c1-2-12-7(11)8(9,10)6-4-3-5-13-6/h3-5H,2H2,1H3. The lowest BCUT2D eigenvalue weighted by atomic mass is 10.3. The summed E-state index contributed by atoms with van der Waals surface area (Å²) in [4.78, 5) is 11.9. The first kappa shape index (κ1) is 10.8. The van der Waals surface area contributed by atoms with Gasteiger partial charge in [0.15, 0.2) is 0 Å². The van der Waals surface area contributed by atoms with E-state index < -0.39 is 10.3 Å². The first-order valence-corrected chi connectivity index (χ1v) is 5.31. The van der Waals surface area contributed by atoms with Crippen molar-refractivity contribution in [1.82, 2.24) is 0 Å². The summed E-state index contributed by atoms with van der Waals surface area (Å²) < 4.78 is 3.17. The molecule has 0 saturated carbocycles. The minimum absolute atomic E-state index is 0.269. The van der Waals surface area contributed by atoms with Crippen LogP contribution in [-0.4, -0.2) is 12.6 Å². The van der Waals surface area contributed by atoms with Crippen molar-refractivity contribution in [3.05, 3.63) is 22.4 Å². The fourth-order valence-corrected chi connectivity index (χ4v) is 1.97. The summed E-state index contributed by atoms with van der Waals surface area (Å²) in [5.74, 6) is -0.624. The summed E-state index contributed by atoms with van der Waals surface area (Å²) in [5.41, 5.74) is 0. The quantitative estimate of drug-likeness (QED) is 0.598. The van der Waals surface area contributed by atoms with E-state index in [1.54, 1.807) is 24.4 Å². The third-order valence-corrected chi connectivity index (χ3v) is 3.29. The zero-order valence-corrected chi connectivity index (χ0v) is 9.25. The number of alkyl halides is 2. The van der Waals surface area contributed by atoms with Crippen molar-refractivity contribution in [3.8, 4) is 0 Å². The van der Waals surface area contributed by atoms with E-state index in [0.29, 0.717) is 4.88 Å². The Labute approximate surface area is 90.4 Å². The van der Waals surface area contributed by atoms with Crippen LogP contribution in [0.15, 0.2) is 17.5 Å². The molecule has 13 heavy (non-hydrogen) atoms. The van der Waals surface area contributed by atoms with Crippen molar-refractivity contribution in [2.24, 2.45) is 0 Å². The average molecular weight is 239 g/mol. The van der Waals surface area contributed by atoms with Gasteiger partial charge in [-0.1, -0.05) is 29.3 Å². The molecule has 0 unspecified atom stereocenters. The van der Waals surface area contributed by atoms with Gasteiger partial charge in [-0.3, -0.25) is 0 Å². The predicted octanol–water partition coefficient (Wildman–Crippen LogP) is 2.94. The van der Waals surface area contributed by atoms with E-state index in [-0.39, 0.29) is 6.61 Å². The van der Waals surface area contributed by atoms with Crippen molar-refractivity contribution < 1.29 is 9.53 Å². The second kappa shape index (κ2) is 4.31. The summed E-state index contributed by atoms with van der Waals surface area (Å²) in [5, 5.41) is 1.80. The molecule has 0 spiro atoms. The van der Waals surface area contributed by atoms with Crippen LogP contribution in [0.2, 0.25) is 0 Å². The predicted molar refractivity (Wildman–Crippen MR) is 54.3 cm³/mol. The lowest BCUT2D eigenvalue weighted by Crippen LogP contribution is -2.24. The highest BCUT2D eigenvalue weighted by Crippen LogP contribution is 2.37. The number of hydrogen-bond acceptors (Lipinski definition) is 3. The van der Waals surface area contributed by atoms with Gasteiger partial charge in [0.05, 0.1) is 11.5 Å². The van der Waals surface area contributed by atoms with Crippen LogP contribution in [-0.2, 0) is 13.9 Å². The first-order chi connectivity index (χ1) is 6.09. The molecule has 1 aromatic heterocycles. The Hall–Kier alpha value is -0.250. The van der Waals surface area contributed by atoms with Gasteiger partial charge in [0, 0.05) is 0 Å². The van der Waals surface area contributed by atoms with Gasteiger partial charge in [0.1, 0.15) is 0 Å². The third kappa shape index (κ3) is 2.36. The van der Waals surface area contributed by atoms with Gasteiger partial charge >= 0.3 is 5.97 Å². The molecule has 0 aliphatic heterocycles. The van der Waals surface area contributed by atoms with Crippen molar-refractivity contribution in [3.63, 3.8) is 0 Å². The van der Waals surface area contributed by atoms with Crippen LogP contribution in [0.3, 0.4) is 0 Å². The Bertz CT molecular complexity index is 282. The molecule has 0 amide bonds. The molecule has 0 aliphatic carbocycles. The maximum Gasteiger partial charge on any atom is 0.348 e. The van der Waals surface area contributed by atoms with Crippen molar-refractivity contribution in [1.29, 1.82) is 0 Å². The number of thiophene rings is 1. The summed E-state index contributed by atoms with van der Waals surface area (Å²) in [6, 6.07) is 3.47. The van der Waals surface area contributed by atoms with E-state index in [2.05, 4.69) is 0 Å². The summed E-state index contributed by atoms with van der Waals surface area (Å²) in [6.45, 7) is 1.97. The zero-order chi connectivity index (χ0) is 9.90. The van der Waals surface area contributed by atoms with E-state index in [1.165, 1.54) is 11.3 Å². The highest BCUT2D eigenvalue weighted by molar-refractivity contribution is 7.11. The molecule has 1 aromatic rings. The van der Waals surface area contributed by atoms with Crippen LogP contribution < -0.4 is 0 Å². The highest BCUT2D eigenvalue weighted by atomic mass is 35.5. The van der Waals surface area contributed by atoms with Gasteiger partial charge in [-0.15, -0.1) is 11.3 Å². The summed E-state index contributed by atoms with van der Waals surface area (Å²) in [7, 11) is 0. The Balaban J connectivity index is 2.82. The summed E-state index contributed by atoms with van der Waals surface area (Å²) in [6.07, 6.45) is 0. The second-order valence-corrected chi connectivity index (χ2v) is 4.55. The highest BCUT2D eigenvalue weighted by Gasteiger charge is 2.38. The van der Waals surface area contributed by atoms with Crippen LogP contribution in [0.4, 0.5) is 0 Å². The van der Waals surface area contributed by atoms with Crippen LogP contribution in [0.1, 0.15) is 11.8 Å². The van der Waals surface area contributed by atoms with Crippen LogP contribution in [0, 0.1) is 0 Å². The lowest BCUT2D eigenvalue weighted by Gasteiger charge is -2.15. The molecule has 1 heterocycles. The largest absolute Gasteiger partial charge is 0.463 e. The molecule has 0 bridgehead atoms. The van der Waals surface area contributed by atoms with Gasteiger partial charge < -0.3 is 4.74 Å². The number of rotatable bonds is 3. The number of carbonyl (C=O) groups is 1. The zero-order valence-electron chi connectivity index (χ0n) is 6.92. The molecular formula is C8H8Cl2O2S. The van der Waals surface area contributed by atoms with E-state index >= 15 is 0 Å². The fraction of sp³-hybridized carbons (Fsp3) is 0.375. The van der Waals surface area contributed by atoms with E-state index in [4.69, 9.17) is 27.9 Å². The summed E-state index contributed by atoms with van der Waals surface area (Å²) >= 11 is 13.0. The molecule has 5 heteroatoms. The van der Waals surface area contributed by atoms with Crippen LogP contribution >= 0.6 is 34.5 Å². The van der Waals surface area contributed by atoms with Crippen molar-refractivity contribution in [2.45, 2.75) is 11.3 Å². The fourth-order valence-electron chi connectivity index (χ4n) is 0.780. The third-order valence-electron chi connectivity index (χ3n) is 1.36. The molecule has 0 fully saturated rings. The normalized spacial score (nSPS) is 11.3. The number of hydrogen-bond donors (Lipinski definition) is 0. The van der Waals surface area contributed by atoms with Gasteiger partial charge in [-0.2, -0.15) is 0 Å². The molecule has 0 radical (unpaired) electrons. The smallest absolute Gasteiger partial charge is 0.348 e. The second-order valence-electron chi connectivity index (χ2n) is 2.27. The molecule has 0 aromatic carbocycles. The van der Waals surface area contributed by atoms with Crippen LogP contribution in [0.25, 0.3) is 0 Å². The van der Waals surface area contributed by atoms with Crippen LogP contribution in [0.5, 0.6) is 0 Å². The SMILES string of the molecule is CCOC(=O)C(Cl)(Cl)c1cccs1. The number of ether oxygens (including phenoxy) is 1. The molecule has 0 aliphatic rings. The molecular weight excluding hydrogens is 231 g/mol. The van der Waals surface area contributed by atoms with E-state index in [9.17, 15) is 4.79 Å². The number of carbonyl (C=O) groups excluding carboxylic acids is 1. The topological polar surface area (TPSA) is 26.3 Å². The minimum Gasteiger partial charge on any atom is -0.463 e. The molecule has 2 nitrogen and oxygen atoms in total.